The number of unbranched alkanes of at least 4 members (excludes halogenated alkanes) is 1. The summed E-state index contributed by atoms with van der Waals surface area (Å²) in [6, 6.07) is 14.6. The van der Waals surface area contributed by atoms with E-state index in [0.29, 0.717) is 24.0 Å². The lowest BCUT2D eigenvalue weighted by atomic mass is 9.85. The number of rotatable bonds is 29. The van der Waals surface area contributed by atoms with E-state index in [-0.39, 0.29) is 43.7 Å². The lowest BCUT2D eigenvalue weighted by Gasteiger charge is -2.48. The number of fused-ring (bicyclic) bond motifs is 1. The zero-order chi connectivity index (χ0) is 80.2. The van der Waals surface area contributed by atoms with E-state index in [2.05, 4.69) is 69.3 Å². The van der Waals surface area contributed by atoms with Crippen LogP contribution >= 0.6 is 68.5 Å². The Morgan fingerprint density at radius 2 is 0.963 bits per heavy atom. The molecule has 0 radical (unpaired) electrons. The van der Waals surface area contributed by atoms with Gasteiger partial charge < -0.3 is 128 Å². The Morgan fingerprint density at radius 3 is 1.41 bits per heavy atom. The molecular weight excluding hydrogens is 1590 g/mol. The standard InChI is InChI=1S/C49H66N10O10S2.C6H18O24P6/c1-28(61)39(25-60)56-48(68)41-27-71-70-26-40(57-43(63)34(51)21-30-13-5-3-6-14-30)47(67)54-37(22-31-15-7-4-8-16-31)45(65)55-38(23-32-24-52-35-18-10-9-17-33(32)35)46(66)53-36(19-11-12-20-50)44(64)59-42(29(2)62)49(69)58-41;7-31(8,9)25-1-2(26-32(10,11)12)4(28-34(16,17)18)6(30-36(22,23)24)5(29-35(19,20)21)3(1)27-33(13,14)15/h3-10,13-18,24,28-29,34,36-42,52,60-62H,11-12,19-23,25-27,50-51H2,1-2H3,(H,53,66)(H,54,67)(H,55,65)(H,56,68)(H,57,63)(H,58,69)(H,59,64);1-6H,(H2,7,8,9)(H2,10,11,12)(H2,13,14,15)(H2,16,17,18)(H2,19,20,21)(H2,22,23,24)/t28-,29-,34-,36+,37+,38-,39-,40+,41+,42+;/m1./s1. The number of benzene rings is 3. The molecule has 6 rings (SSSR count). The zero-order valence-corrected chi connectivity index (χ0v) is 63.1. The number of aliphatic hydroxyl groups excluding tert-OH is 3. The van der Waals surface area contributed by atoms with E-state index in [1.54, 1.807) is 60.8 Å². The summed E-state index contributed by atoms with van der Waals surface area (Å²) < 4.78 is 93.1. The summed E-state index contributed by atoms with van der Waals surface area (Å²) in [6.07, 6.45) is -19.0. The van der Waals surface area contributed by atoms with Crippen molar-refractivity contribution in [2.24, 2.45) is 11.5 Å². The van der Waals surface area contributed by atoms with E-state index in [1.807, 2.05) is 30.3 Å². The minimum atomic E-state index is -6.02. The molecule has 2 heterocycles. The average molecular weight is 1680 g/mol. The first-order chi connectivity index (χ1) is 49.6. The van der Waals surface area contributed by atoms with Gasteiger partial charge in [0.25, 0.3) is 0 Å². The number of hydrogen-bond acceptors (Lipinski definition) is 26. The van der Waals surface area contributed by atoms with Gasteiger partial charge >= 0.3 is 46.9 Å². The fraction of sp³-hybridized carbons (Fsp3) is 0.509. The SMILES string of the molecule is C[C@@H](O)[C@@H]1NC(=O)[C@H](CCCCN)NC(=O)[C@@H](Cc2c[nH]c3ccccc23)NC(=O)[C@H](Cc2ccccc2)NC(=O)[C@@H](NC(=O)[C@H](N)Cc2ccccc2)CSSC[C@@H](C(=O)N[C@H](CO)[C@@H](C)O)NC1=O.O=P(O)(O)OC1C(OP(=O)(O)O)C(OP(=O)(O)O)C(OP(=O)(O)O)C(OP(=O)(O)O)C1OP(=O)(O)O. The maximum atomic E-state index is 14.7. The molecule has 10 atom stereocenters. The second kappa shape index (κ2) is 41.3. The van der Waals surface area contributed by atoms with Gasteiger partial charge in [0, 0.05) is 41.4 Å². The van der Waals surface area contributed by atoms with Crippen molar-refractivity contribution in [3.63, 3.8) is 0 Å². The van der Waals surface area contributed by atoms with Crippen LogP contribution in [-0.2, 0) is 107 Å². The summed E-state index contributed by atoms with van der Waals surface area (Å²) in [4.78, 5) is 212. The van der Waals surface area contributed by atoms with Crippen LogP contribution in [0.4, 0.5) is 0 Å². The maximum absolute atomic E-state index is 14.7. The fourth-order valence-corrected chi connectivity index (χ4v) is 16.2. The smallest absolute Gasteiger partial charge is 0.394 e. The molecule has 52 heteroatoms. The van der Waals surface area contributed by atoms with Crippen molar-refractivity contribution in [1.29, 1.82) is 0 Å². The predicted molar refractivity (Wildman–Crippen MR) is 374 cm³/mol. The summed E-state index contributed by atoms with van der Waals surface area (Å²) in [5, 5.41) is 50.5. The number of nitrogens with one attached hydrogen (secondary N) is 8. The Morgan fingerprint density at radius 1 is 0.542 bits per heavy atom. The number of phosphoric acid groups is 6. The Hall–Kier alpha value is -5.35. The van der Waals surface area contributed by atoms with Gasteiger partial charge in [-0.25, -0.2) is 27.4 Å². The van der Waals surface area contributed by atoms with Gasteiger partial charge in [-0.05, 0) is 68.8 Å². The van der Waals surface area contributed by atoms with Crippen LogP contribution in [0.1, 0.15) is 49.8 Å². The number of para-hydroxylation sites is 1. The molecule has 1 aliphatic heterocycles. The number of aromatic nitrogens is 1. The van der Waals surface area contributed by atoms with Crippen LogP contribution in [0.25, 0.3) is 10.9 Å². The summed E-state index contributed by atoms with van der Waals surface area (Å²) in [5.41, 5.74) is 15.0. The lowest BCUT2D eigenvalue weighted by molar-refractivity contribution is -0.202. The second-order valence-corrected chi connectivity index (χ2v) is 33.5. The molecule has 107 heavy (non-hydrogen) atoms. The van der Waals surface area contributed by atoms with Gasteiger partial charge in [0.2, 0.25) is 41.4 Å². The third-order valence-corrected chi connectivity index (χ3v) is 20.9. The third-order valence-electron chi connectivity index (χ3n) is 15.3. The molecule has 3 aromatic carbocycles. The number of aromatic amines is 1. The fourth-order valence-electron chi connectivity index (χ4n) is 10.5. The van der Waals surface area contributed by atoms with Crippen LogP contribution in [0.15, 0.2) is 91.1 Å². The van der Waals surface area contributed by atoms with E-state index < -0.39 is 192 Å². The van der Waals surface area contributed by atoms with Crippen LogP contribution in [-0.4, -0.2) is 242 Å². The highest BCUT2D eigenvalue weighted by atomic mass is 33.1. The van der Waals surface area contributed by atoms with Crippen molar-refractivity contribution in [3.05, 3.63) is 108 Å². The zero-order valence-electron chi connectivity index (χ0n) is 56.1. The highest BCUT2D eigenvalue weighted by Crippen LogP contribution is 2.57. The van der Waals surface area contributed by atoms with E-state index in [4.69, 9.17) is 70.2 Å². The molecule has 0 spiro atoms. The molecule has 0 unspecified atom stereocenters. The highest BCUT2D eigenvalue weighted by Gasteiger charge is 2.63. The van der Waals surface area contributed by atoms with Crippen molar-refractivity contribution in [3.8, 4) is 0 Å². The van der Waals surface area contributed by atoms with Crippen LogP contribution in [0.3, 0.4) is 0 Å². The van der Waals surface area contributed by atoms with Crippen LogP contribution in [0.5, 0.6) is 0 Å². The number of phosphoric ester groups is 6. The van der Waals surface area contributed by atoms with Gasteiger partial charge in [0.05, 0.1) is 30.9 Å². The van der Waals surface area contributed by atoms with Crippen molar-refractivity contribution >= 4 is 121 Å². The predicted octanol–water partition coefficient (Wildman–Crippen LogP) is -3.94. The normalized spacial score (nSPS) is 25.0. The first-order valence-electron chi connectivity index (χ1n) is 31.5. The molecule has 600 valence electrons. The largest absolute Gasteiger partial charge is 0.470 e. The maximum Gasteiger partial charge on any atom is 0.470 e. The lowest BCUT2D eigenvalue weighted by Crippen LogP contribution is -2.66. The summed E-state index contributed by atoms with van der Waals surface area (Å²) >= 11 is 0. The Bertz CT molecular complexity index is 3710. The van der Waals surface area contributed by atoms with Crippen molar-refractivity contribution in [2.45, 2.75) is 150 Å². The Kier molecular flexibility index (Phi) is 35.6. The quantitative estimate of drug-likeness (QED) is 0.0140. The van der Waals surface area contributed by atoms with Gasteiger partial charge in [0.1, 0.15) is 72.9 Å². The molecule has 2 aliphatic rings. The minimum absolute atomic E-state index is 0.0340. The van der Waals surface area contributed by atoms with Crippen molar-refractivity contribution in [1.82, 2.24) is 42.2 Å². The first kappa shape index (κ1) is 92.3. The number of hydrogen-bond donors (Lipinski definition) is 25. The molecule has 4 aromatic rings. The Balaban J connectivity index is 0.000000479. The van der Waals surface area contributed by atoms with Crippen LogP contribution in [0.2, 0.25) is 0 Å². The molecule has 1 aliphatic carbocycles. The molecule has 1 saturated carbocycles. The molecule has 1 aromatic heterocycles. The highest BCUT2D eigenvalue weighted by molar-refractivity contribution is 8.76. The molecule has 7 amide bonds. The van der Waals surface area contributed by atoms with E-state index >= 15 is 0 Å². The number of H-pyrrole nitrogens is 1. The third kappa shape index (κ3) is 32.1. The molecular formula is C55H84N10O34P6S2. The van der Waals surface area contributed by atoms with Crippen molar-refractivity contribution < 1.29 is 162 Å². The molecule has 2 fully saturated rings. The average Bonchev–Trinajstić information content (AvgIpc) is 1.12. The van der Waals surface area contributed by atoms with Gasteiger partial charge in [-0.1, -0.05) is 100 Å². The van der Waals surface area contributed by atoms with E-state index in [0.717, 1.165) is 38.1 Å². The number of carbonyl (C=O) groups excluding carboxylic acids is 7. The van der Waals surface area contributed by atoms with Crippen molar-refractivity contribution in [2.75, 3.05) is 24.7 Å². The molecule has 0 bridgehead atoms. The van der Waals surface area contributed by atoms with Crippen LogP contribution < -0.4 is 48.7 Å². The first-order valence-corrected chi connectivity index (χ1v) is 43.2. The second-order valence-electron chi connectivity index (χ2n) is 23.8. The number of nitrogens with two attached hydrogens (primary N) is 2. The van der Waals surface area contributed by atoms with Gasteiger partial charge in [-0.2, -0.15) is 0 Å². The van der Waals surface area contributed by atoms with Gasteiger partial charge in [-0.3, -0.25) is 60.7 Å². The molecule has 27 N–H and O–H groups in total. The molecule has 1 saturated heterocycles. The topological polar surface area (TPSA) is 733 Å². The van der Waals surface area contributed by atoms with Crippen LogP contribution in [0, 0.1) is 0 Å². The van der Waals surface area contributed by atoms with E-state index in [1.165, 1.54) is 13.8 Å². The summed E-state index contributed by atoms with van der Waals surface area (Å²) in [5.74, 6) is -6.01. The Labute approximate surface area is 615 Å². The van der Waals surface area contributed by atoms with Gasteiger partial charge in [-0.15, -0.1) is 0 Å². The monoisotopic (exact) mass is 1680 g/mol. The van der Waals surface area contributed by atoms with Gasteiger partial charge in [0.15, 0.2) is 0 Å². The number of carbonyl (C=O) groups is 7. The minimum Gasteiger partial charge on any atom is -0.394 e. The summed E-state index contributed by atoms with van der Waals surface area (Å²) in [6.45, 7) is 2.23. The van der Waals surface area contributed by atoms with E-state index in [9.17, 15) is 76.3 Å². The molecule has 44 nitrogen and oxygen atoms in total. The number of aliphatic hydroxyl groups is 3. The summed E-state index contributed by atoms with van der Waals surface area (Å²) in [7, 11) is -34.0. The number of amides is 7.